The van der Waals surface area contributed by atoms with Gasteiger partial charge in [-0.15, -0.1) is 0 Å². The molecule has 0 spiro atoms. The van der Waals surface area contributed by atoms with Crippen LogP contribution in [0.4, 0.5) is 11.5 Å². The lowest BCUT2D eigenvalue weighted by atomic mass is 10.3. The summed E-state index contributed by atoms with van der Waals surface area (Å²) in [6, 6.07) is 4.83. The number of hydrogen-bond donors (Lipinski definition) is 1. The van der Waals surface area contributed by atoms with Gasteiger partial charge in [0.1, 0.15) is 11.0 Å². The first-order valence-electron chi connectivity index (χ1n) is 5.92. The van der Waals surface area contributed by atoms with Crippen LogP contribution in [0, 0.1) is 17.0 Å². The maximum atomic E-state index is 12.1. The third-order valence-electron chi connectivity index (χ3n) is 2.81. The normalized spacial score (nSPS) is 10.5. The number of carbonyl (C=O) groups is 1. The third kappa shape index (κ3) is 3.40. The molecular formula is C12H9BrCl2N4O3. The zero-order chi connectivity index (χ0) is 16.4. The van der Waals surface area contributed by atoms with Crippen LogP contribution >= 0.6 is 39.1 Å². The molecule has 1 heterocycles. The molecule has 0 bridgehead atoms. The second-order valence-corrected chi connectivity index (χ2v) is 5.89. The highest BCUT2D eigenvalue weighted by Gasteiger charge is 2.24. The molecule has 0 radical (unpaired) electrons. The van der Waals surface area contributed by atoms with E-state index in [1.165, 1.54) is 4.68 Å². The lowest BCUT2D eigenvalue weighted by Gasteiger charge is -2.08. The number of aromatic nitrogens is 2. The fourth-order valence-corrected chi connectivity index (χ4v) is 2.63. The minimum Gasteiger partial charge on any atom is -0.358 e. The number of anilines is 1. The van der Waals surface area contributed by atoms with Crippen LogP contribution in [0.5, 0.6) is 0 Å². The van der Waals surface area contributed by atoms with E-state index in [1.807, 2.05) is 0 Å². The van der Waals surface area contributed by atoms with Crippen molar-refractivity contribution in [3.63, 3.8) is 0 Å². The van der Waals surface area contributed by atoms with Gasteiger partial charge in [-0.3, -0.25) is 4.79 Å². The molecule has 0 saturated carbocycles. The Morgan fingerprint density at radius 2 is 2.05 bits per heavy atom. The Morgan fingerprint density at radius 3 is 2.55 bits per heavy atom. The van der Waals surface area contributed by atoms with Crippen molar-refractivity contribution in [3.05, 3.63) is 48.5 Å². The number of para-hydroxylation sites is 1. The fourth-order valence-electron chi connectivity index (χ4n) is 1.71. The Hall–Kier alpha value is -1.64. The van der Waals surface area contributed by atoms with Gasteiger partial charge in [0.2, 0.25) is 5.91 Å². The fraction of sp³-hybridized carbons (Fsp3) is 0.167. The van der Waals surface area contributed by atoms with Crippen LogP contribution in [-0.4, -0.2) is 20.6 Å². The summed E-state index contributed by atoms with van der Waals surface area (Å²) in [6.07, 6.45) is 0. The standard InChI is InChI=1S/C12H9BrCl2N4O3/c1-6-10(13)12(19(21)22)17-18(6)5-9(20)16-11-7(14)3-2-4-8(11)15/h2-4H,5H2,1H3,(H,16,20). The predicted octanol–water partition coefficient (Wildman–Crippen LogP) is 3.81. The molecule has 0 saturated heterocycles. The first-order valence-corrected chi connectivity index (χ1v) is 7.47. The summed E-state index contributed by atoms with van der Waals surface area (Å²) in [7, 11) is 0. The van der Waals surface area contributed by atoms with Crippen LogP contribution < -0.4 is 5.32 Å². The number of hydrogen-bond acceptors (Lipinski definition) is 4. The van der Waals surface area contributed by atoms with Crippen molar-refractivity contribution >= 4 is 56.5 Å². The van der Waals surface area contributed by atoms with Gasteiger partial charge in [-0.1, -0.05) is 29.3 Å². The maximum Gasteiger partial charge on any atom is 0.404 e. The van der Waals surface area contributed by atoms with Gasteiger partial charge < -0.3 is 15.4 Å². The van der Waals surface area contributed by atoms with Gasteiger partial charge in [0, 0.05) is 0 Å². The van der Waals surface area contributed by atoms with E-state index in [9.17, 15) is 14.9 Å². The van der Waals surface area contributed by atoms with Crippen molar-refractivity contribution in [2.75, 3.05) is 5.32 Å². The van der Waals surface area contributed by atoms with Crippen LogP contribution in [0.1, 0.15) is 5.69 Å². The molecule has 22 heavy (non-hydrogen) atoms. The number of nitrogens with zero attached hydrogens (tertiary/aromatic N) is 3. The van der Waals surface area contributed by atoms with Gasteiger partial charge >= 0.3 is 5.82 Å². The monoisotopic (exact) mass is 406 g/mol. The largest absolute Gasteiger partial charge is 0.404 e. The summed E-state index contributed by atoms with van der Waals surface area (Å²) in [5.74, 6) is -0.802. The number of nitro groups is 1. The van der Waals surface area contributed by atoms with Crippen molar-refractivity contribution < 1.29 is 9.72 Å². The highest BCUT2D eigenvalue weighted by atomic mass is 79.9. The average Bonchev–Trinajstić information content (AvgIpc) is 2.71. The molecule has 1 aromatic carbocycles. The van der Waals surface area contributed by atoms with Crippen molar-refractivity contribution in [3.8, 4) is 0 Å². The van der Waals surface area contributed by atoms with E-state index in [-0.39, 0.29) is 22.5 Å². The molecule has 0 fully saturated rings. The summed E-state index contributed by atoms with van der Waals surface area (Å²) in [5.41, 5.74) is 0.751. The zero-order valence-corrected chi connectivity index (χ0v) is 14.2. The van der Waals surface area contributed by atoms with E-state index in [1.54, 1.807) is 25.1 Å². The van der Waals surface area contributed by atoms with Gasteiger partial charge in [-0.2, -0.15) is 4.68 Å². The Bertz CT molecular complexity index is 743. The molecule has 116 valence electrons. The Labute approximate surface area is 143 Å². The topological polar surface area (TPSA) is 90.1 Å². The number of rotatable bonds is 4. The second kappa shape index (κ2) is 6.64. The summed E-state index contributed by atoms with van der Waals surface area (Å²) in [5, 5.41) is 17.8. The van der Waals surface area contributed by atoms with Gasteiger partial charge in [-0.05, 0) is 39.9 Å². The van der Waals surface area contributed by atoms with Gasteiger partial charge in [0.25, 0.3) is 0 Å². The van der Waals surface area contributed by atoms with Crippen molar-refractivity contribution in [1.82, 2.24) is 9.78 Å². The SMILES string of the molecule is Cc1c(Br)c([N+](=O)[O-])nn1CC(=O)Nc1c(Cl)cccc1Cl. The van der Waals surface area contributed by atoms with Crippen LogP contribution in [0.15, 0.2) is 22.7 Å². The minimum absolute atomic E-state index is 0.209. The molecule has 1 N–H and O–H groups in total. The first-order chi connectivity index (χ1) is 10.3. The van der Waals surface area contributed by atoms with Crippen LogP contribution in [0.25, 0.3) is 0 Å². The van der Waals surface area contributed by atoms with Gasteiger partial charge in [-0.25, -0.2) is 0 Å². The van der Waals surface area contributed by atoms with E-state index in [2.05, 4.69) is 26.3 Å². The number of halogens is 3. The molecule has 0 atom stereocenters. The molecule has 10 heteroatoms. The summed E-state index contributed by atoms with van der Waals surface area (Å²) < 4.78 is 1.46. The number of amides is 1. The first kappa shape index (κ1) is 16.7. The van der Waals surface area contributed by atoms with E-state index in [0.717, 1.165) is 0 Å². The molecule has 1 amide bonds. The second-order valence-electron chi connectivity index (χ2n) is 4.28. The van der Waals surface area contributed by atoms with Gasteiger partial charge in [0.05, 0.1) is 26.5 Å². The molecule has 0 aliphatic carbocycles. The summed E-state index contributed by atoms with van der Waals surface area (Å²) in [4.78, 5) is 22.2. The zero-order valence-electron chi connectivity index (χ0n) is 11.1. The predicted molar refractivity (Wildman–Crippen MR) is 86.4 cm³/mol. The average molecular weight is 408 g/mol. The molecule has 1 aromatic heterocycles. The number of carbonyl (C=O) groups excluding carboxylic acids is 1. The molecule has 7 nitrogen and oxygen atoms in total. The third-order valence-corrected chi connectivity index (χ3v) is 4.37. The smallest absolute Gasteiger partial charge is 0.358 e. The van der Waals surface area contributed by atoms with E-state index >= 15 is 0 Å². The Balaban J connectivity index is 2.20. The van der Waals surface area contributed by atoms with E-state index in [4.69, 9.17) is 23.2 Å². The van der Waals surface area contributed by atoms with Crippen molar-refractivity contribution in [2.45, 2.75) is 13.5 Å². The van der Waals surface area contributed by atoms with Crippen LogP contribution in [-0.2, 0) is 11.3 Å². The van der Waals surface area contributed by atoms with Crippen LogP contribution in [0.3, 0.4) is 0 Å². The summed E-state index contributed by atoms with van der Waals surface area (Å²) in [6.45, 7) is 1.40. The quantitative estimate of drug-likeness (QED) is 0.616. The highest BCUT2D eigenvalue weighted by molar-refractivity contribution is 9.10. The highest BCUT2D eigenvalue weighted by Crippen LogP contribution is 2.30. The molecular weight excluding hydrogens is 399 g/mol. The maximum absolute atomic E-state index is 12.1. The Kier molecular flexibility index (Phi) is 5.05. The lowest BCUT2D eigenvalue weighted by molar-refractivity contribution is -0.390. The van der Waals surface area contributed by atoms with E-state index < -0.39 is 10.8 Å². The summed E-state index contributed by atoms with van der Waals surface area (Å²) >= 11 is 15.0. The van der Waals surface area contributed by atoms with E-state index in [0.29, 0.717) is 15.7 Å². The molecule has 0 aliphatic heterocycles. The lowest BCUT2D eigenvalue weighted by Crippen LogP contribution is -2.20. The molecule has 2 rings (SSSR count). The van der Waals surface area contributed by atoms with Crippen molar-refractivity contribution in [2.24, 2.45) is 0 Å². The molecule has 0 unspecified atom stereocenters. The Morgan fingerprint density at radius 1 is 1.45 bits per heavy atom. The minimum atomic E-state index is -0.629. The number of nitrogens with one attached hydrogen (secondary N) is 1. The number of benzene rings is 1. The van der Waals surface area contributed by atoms with Crippen molar-refractivity contribution in [1.29, 1.82) is 0 Å². The van der Waals surface area contributed by atoms with Gasteiger partial charge in [0.15, 0.2) is 0 Å². The van der Waals surface area contributed by atoms with Crippen LogP contribution in [0.2, 0.25) is 10.0 Å². The molecule has 0 aliphatic rings. The molecule has 2 aromatic rings.